The lowest BCUT2D eigenvalue weighted by Crippen LogP contribution is -2.09. The molecular weight excluding hydrogens is 334 g/mol. The number of halogens is 1. The molecule has 0 aliphatic rings. The van der Waals surface area contributed by atoms with E-state index >= 15 is 0 Å². The Morgan fingerprint density at radius 3 is 2.57 bits per heavy atom. The topological polar surface area (TPSA) is 70.1 Å². The zero-order valence-electron chi connectivity index (χ0n) is 12.1. The van der Waals surface area contributed by atoms with Crippen molar-refractivity contribution in [3.8, 4) is 0 Å². The highest BCUT2D eigenvalue weighted by atomic mass is 79.9. The van der Waals surface area contributed by atoms with E-state index in [0.29, 0.717) is 11.3 Å². The lowest BCUT2D eigenvalue weighted by Gasteiger charge is -2.07. The van der Waals surface area contributed by atoms with Gasteiger partial charge in [-0.05, 0) is 53.5 Å². The zero-order valence-corrected chi connectivity index (χ0v) is 13.7. The van der Waals surface area contributed by atoms with Crippen molar-refractivity contribution in [3.05, 3.63) is 45.7 Å². The Kier molecular flexibility index (Phi) is 5.01. The summed E-state index contributed by atoms with van der Waals surface area (Å²) in [5.74, 6) is -0.371. The van der Waals surface area contributed by atoms with Gasteiger partial charge in [-0.2, -0.15) is 5.10 Å². The first-order chi connectivity index (χ1) is 10.1. The van der Waals surface area contributed by atoms with Crippen LogP contribution in [0.5, 0.6) is 0 Å². The summed E-state index contributed by atoms with van der Waals surface area (Å²) < 4.78 is 8.12. The van der Waals surface area contributed by atoms with Crippen molar-refractivity contribution in [3.63, 3.8) is 0 Å². The molecule has 0 fully saturated rings. The van der Waals surface area contributed by atoms with E-state index in [2.05, 4.69) is 21.0 Å². The van der Waals surface area contributed by atoms with Gasteiger partial charge in [0, 0.05) is 12.2 Å². The maximum Gasteiger partial charge on any atom is 0.338 e. The smallest absolute Gasteiger partial charge is 0.338 e. The largest absolute Gasteiger partial charge is 0.456 e. The molecule has 2 rings (SSSR count). The van der Waals surface area contributed by atoms with Crippen molar-refractivity contribution in [2.24, 2.45) is 0 Å². The fraction of sp³-hybridized carbons (Fsp3) is 0.333. The Morgan fingerprint density at radius 1 is 1.33 bits per heavy atom. The summed E-state index contributed by atoms with van der Waals surface area (Å²) in [7, 11) is 0. The van der Waals surface area contributed by atoms with Gasteiger partial charge in [-0.3, -0.25) is 4.68 Å². The van der Waals surface area contributed by atoms with E-state index in [9.17, 15) is 4.79 Å². The maximum atomic E-state index is 12.0. The van der Waals surface area contributed by atoms with Crippen LogP contribution in [0.25, 0.3) is 0 Å². The lowest BCUT2D eigenvalue weighted by molar-refractivity contribution is 0.0461. The minimum Gasteiger partial charge on any atom is -0.456 e. The molecule has 0 spiro atoms. The van der Waals surface area contributed by atoms with Gasteiger partial charge in [0.05, 0.1) is 21.4 Å². The number of hydrogen-bond donors (Lipinski definition) is 1. The Morgan fingerprint density at radius 2 is 2.00 bits per heavy atom. The standard InChI is InChI=1S/C15H18BrN3O2/c1-3-12-14(16)13(19(4-2)18-12)9-21-15(20)10-5-7-11(17)8-6-10/h5-8H,3-4,9,17H2,1-2H3. The van der Waals surface area contributed by atoms with E-state index in [1.807, 2.05) is 18.5 Å². The lowest BCUT2D eigenvalue weighted by atomic mass is 10.2. The molecule has 0 radical (unpaired) electrons. The molecule has 2 aromatic rings. The molecule has 0 unspecified atom stereocenters. The van der Waals surface area contributed by atoms with Crippen molar-refractivity contribution in [1.82, 2.24) is 9.78 Å². The van der Waals surface area contributed by atoms with E-state index < -0.39 is 0 Å². The van der Waals surface area contributed by atoms with E-state index in [1.165, 1.54) is 0 Å². The number of aromatic nitrogens is 2. The number of carbonyl (C=O) groups is 1. The first-order valence-electron chi connectivity index (χ1n) is 6.83. The summed E-state index contributed by atoms with van der Waals surface area (Å²) in [5, 5.41) is 4.47. The monoisotopic (exact) mass is 351 g/mol. The summed E-state index contributed by atoms with van der Waals surface area (Å²) in [4.78, 5) is 12.0. The molecule has 0 aliphatic heterocycles. The second-order valence-corrected chi connectivity index (χ2v) is 5.37. The average molecular weight is 352 g/mol. The highest BCUT2D eigenvalue weighted by Gasteiger charge is 2.16. The van der Waals surface area contributed by atoms with Gasteiger partial charge >= 0.3 is 5.97 Å². The minimum absolute atomic E-state index is 0.185. The molecule has 0 saturated heterocycles. The maximum absolute atomic E-state index is 12.0. The van der Waals surface area contributed by atoms with Crippen LogP contribution in [0.1, 0.15) is 35.6 Å². The number of esters is 1. The van der Waals surface area contributed by atoms with Gasteiger partial charge in [0.2, 0.25) is 0 Å². The van der Waals surface area contributed by atoms with Crippen molar-refractivity contribution < 1.29 is 9.53 Å². The molecule has 5 nitrogen and oxygen atoms in total. The van der Waals surface area contributed by atoms with Crippen LogP contribution in [0.3, 0.4) is 0 Å². The summed E-state index contributed by atoms with van der Waals surface area (Å²) in [6, 6.07) is 6.67. The molecule has 112 valence electrons. The van der Waals surface area contributed by atoms with Gasteiger partial charge in [0.15, 0.2) is 0 Å². The first-order valence-corrected chi connectivity index (χ1v) is 7.62. The molecule has 0 amide bonds. The van der Waals surface area contributed by atoms with Crippen LogP contribution >= 0.6 is 15.9 Å². The van der Waals surface area contributed by atoms with E-state index in [1.54, 1.807) is 24.3 Å². The van der Waals surface area contributed by atoms with Crippen molar-refractivity contribution in [2.75, 3.05) is 5.73 Å². The molecular formula is C15H18BrN3O2. The number of rotatable bonds is 5. The Balaban J connectivity index is 2.11. The van der Waals surface area contributed by atoms with Gasteiger partial charge in [0.25, 0.3) is 0 Å². The van der Waals surface area contributed by atoms with Gasteiger partial charge in [-0.25, -0.2) is 4.79 Å². The van der Waals surface area contributed by atoms with Crippen molar-refractivity contribution >= 4 is 27.6 Å². The van der Waals surface area contributed by atoms with Crippen LogP contribution < -0.4 is 5.73 Å². The zero-order chi connectivity index (χ0) is 15.4. The molecule has 2 N–H and O–H groups in total. The predicted octanol–water partition coefficient (Wildman–Crippen LogP) is 3.17. The van der Waals surface area contributed by atoms with Crippen LogP contribution in [0.15, 0.2) is 28.7 Å². The fourth-order valence-electron chi connectivity index (χ4n) is 1.99. The summed E-state index contributed by atoms with van der Waals surface area (Å²) >= 11 is 3.53. The number of hydrogen-bond acceptors (Lipinski definition) is 4. The normalized spacial score (nSPS) is 10.6. The van der Waals surface area contributed by atoms with Crippen LogP contribution in [0.2, 0.25) is 0 Å². The SMILES string of the molecule is CCc1nn(CC)c(COC(=O)c2ccc(N)cc2)c1Br. The number of carbonyl (C=O) groups excluding carboxylic acids is 1. The van der Waals surface area contributed by atoms with Gasteiger partial charge in [-0.15, -0.1) is 0 Å². The number of nitrogens with two attached hydrogens (primary N) is 1. The number of nitrogens with zero attached hydrogens (tertiary/aromatic N) is 2. The second kappa shape index (κ2) is 6.76. The van der Waals surface area contributed by atoms with Crippen LogP contribution in [-0.4, -0.2) is 15.7 Å². The van der Waals surface area contributed by atoms with E-state index in [0.717, 1.165) is 28.8 Å². The molecule has 0 aliphatic carbocycles. The molecule has 6 heteroatoms. The van der Waals surface area contributed by atoms with Gasteiger partial charge in [0.1, 0.15) is 6.61 Å². The number of nitrogen functional groups attached to an aromatic ring is 1. The average Bonchev–Trinajstić information content (AvgIpc) is 2.81. The molecule has 0 saturated carbocycles. The number of anilines is 1. The highest BCUT2D eigenvalue weighted by Crippen LogP contribution is 2.23. The second-order valence-electron chi connectivity index (χ2n) is 4.57. The van der Waals surface area contributed by atoms with Crippen molar-refractivity contribution in [1.29, 1.82) is 0 Å². The predicted molar refractivity (Wildman–Crippen MR) is 85.0 cm³/mol. The third-order valence-corrected chi connectivity index (χ3v) is 4.10. The number of benzene rings is 1. The quantitative estimate of drug-likeness (QED) is 0.663. The molecule has 1 aromatic carbocycles. The summed E-state index contributed by atoms with van der Waals surface area (Å²) in [5.41, 5.74) is 8.54. The first kappa shape index (κ1) is 15.6. The third kappa shape index (κ3) is 3.44. The molecule has 21 heavy (non-hydrogen) atoms. The number of aryl methyl sites for hydroxylation is 2. The van der Waals surface area contributed by atoms with Crippen LogP contribution in [0, 0.1) is 0 Å². The Labute approximate surface area is 132 Å². The molecule has 1 heterocycles. The summed E-state index contributed by atoms with van der Waals surface area (Å²) in [6.45, 7) is 4.96. The van der Waals surface area contributed by atoms with E-state index in [4.69, 9.17) is 10.5 Å². The third-order valence-electron chi connectivity index (χ3n) is 3.18. The molecule has 1 aromatic heterocycles. The number of ether oxygens (including phenoxy) is 1. The Hall–Kier alpha value is -1.82. The van der Waals surface area contributed by atoms with E-state index in [-0.39, 0.29) is 12.6 Å². The minimum atomic E-state index is -0.371. The molecule has 0 atom stereocenters. The highest BCUT2D eigenvalue weighted by molar-refractivity contribution is 9.10. The van der Waals surface area contributed by atoms with Gasteiger partial charge < -0.3 is 10.5 Å². The molecule has 0 bridgehead atoms. The Bertz CT molecular complexity index is 635. The van der Waals surface area contributed by atoms with Crippen LogP contribution in [0.4, 0.5) is 5.69 Å². The fourth-order valence-corrected chi connectivity index (χ4v) is 2.67. The van der Waals surface area contributed by atoms with Gasteiger partial charge in [-0.1, -0.05) is 6.92 Å². The van der Waals surface area contributed by atoms with Crippen molar-refractivity contribution in [2.45, 2.75) is 33.4 Å². The summed E-state index contributed by atoms with van der Waals surface area (Å²) in [6.07, 6.45) is 0.826. The van der Waals surface area contributed by atoms with Crippen LogP contribution in [-0.2, 0) is 24.3 Å².